The van der Waals surface area contributed by atoms with Crippen LogP contribution in [0.2, 0.25) is 0 Å². The van der Waals surface area contributed by atoms with Gasteiger partial charge in [0.1, 0.15) is 11.5 Å². The fourth-order valence-electron chi connectivity index (χ4n) is 1.33. The molecule has 0 unspecified atom stereocenters. The van der Waals surface area contributed by atoms with Crippen molar-refractivity contribution in [2.24, 2.45) is 0 Å². The molecule has 1 aromatic carbocycles. The molecule has 18 heavy (non-hydrogen) atoms. The van der Waals surface area contributed by atoms with Crippen LogP contribution in [-0.2, 0) is 0 Å². The third kappa shape index (κ3) is 2.60. The van der Waals surface area contributed by atoms with Crippen LogP contribution in [0.3, 0.4) is 0 Å². The van der Waals surface area contributed by atoms with E-state index >= 15 is 0 Å². The lowest BCUT2D eigenvalue weighted by Crippen LogP contribution is -2.15. The third-order valence-corrected chi connectivity index (χ3v) is 2.28. The van der Waals surface area contributed by atoms with E-state index < -0.39 is 11.7 Å². The lowest BCUT2D eigenvalue weighted by Gasteiger charge is -2.07. The minimum absolute atomic E-state index is 0.143. The van der Waals surface area contributed by atoms with Crippen LogP contribution >= 0.6 is 0 Å². The van der Waals surface area contributed by atoms with Crippen molar-refractivity contribution in [3.63, 3.8) is 0 Å². The van der Waals surface area contributed by atoms with Gasteiger partial charge in [0, 0.05) is 6.20 Å². The normalized spacial score (nSPS) is 10.1. The van der Waals surface area contributed by atoms with E-state index in [4.69, 9.17) is 5.73 Å². The SMILES string of the molecule is Cc1cnc(C(=O)Nc2cc(F)ccc2N)cn1. The molecule has 6 heteroatoms. The number of nitrogen functional groups attached to an aromatic ring is 1. The minimum Gasteiger partial charge on any atom is -0.397 e. The van der Waals surface area contributed by atoms with Gasteiger partial charge < -0.3 is 11.1 Å². The van der Waals surface area contributed by atoms with E-state index in [9.17, 15) is 9.18 Å². The standard InChI is InChI=1S/C12H11FN4O/c1-7-5-16-11(6-15-7)12(18)17-10-4-8(13)2-3-9(10)14/h2-6H,14H2,1H3,(H,17,18). The Bertz CT molecular complexity index is 583. The number of amides is 1. The van der Waals surface area contributed by atoms with E-state index in [2.05, 4.69) is 15.3 Å². The van der Waals surface area contributed by atoms with Gasteiger partial charge in [-0.2, -0.15) is 0 Å². The highest BCUT2D eigenvalue weighted by molar-refractivity contribution is 6.04. The van der Waals surface area contributed by atoms with Gasteiger partial charge in [0.05, 0.1) is 23.3 Å². The first-order chi connectivity index (χ1) is 8.56. The third-order valence-electron chi connectivity index (χ3n) is 2.28. The van der Waals surface area contributed by atoms with Crippen LogP contribution in [0.25, 0.3) is 0 Å². The number of aromatic nitrogens is 2. The zero-order valence-electron chi connectivity index (χ0n) is 9.64. The highest BCUT2D eigenvalue weighted by Gasteiger charge is 2.10. The lowest BCUT2D eigenvalue weighted by molar-refractivity contribution is 0.102. The molecule has 2 aromatic rings. The summed E-state index contributed by atoms with van der Waals surface area (Å²) >= 11 is 0. The van der Waals surface area contributed by atoms with Crippen molar-refractivity contribution in [2.75, 3.05) is 11.1 Å². The molecular formula is C12H11FN4O. The van der Waals surface area contributed by atoms with Crippen molar-refractivity contribution in [2.45, 2.75) is 6.92 Å². The number of benzene rings is 1. The molecule has 0 aliphatic heterocycles. The van der Waals surface area contributed by atoms with E-state index in [1.165, 1.54) is 24.5 Å². The largest absolute Gasteiger partial charge is 0.397 e. The quantitative estimate of drug-likeness (QED) is 0.791. The number of aryl methyl sites for hydroxylation is 1. The van der Waals surface area contributed by atoms with Crippen LogP contribution in [0, 0.1) is 12.7 Å². The summed E-state index contributed by atoms with van der Waals surface area (Å²) in [6, 6.07) is 3.75. The second kappa shape index (κ2) is 4.79. The zero-order chi connectivity index (χ0) is 13.1. The maximum Gasteiger partial charge on any atom is 0.275 e. The van der Waals surface area contributed by atoms with Gasteiger partial charge in [-0.05, 0) is 25.1 Å². The summed E-state index contributed by atoms with van der Waals surface area (Å²) in [6.45, 7) is 1.76. The first-order valence-electron chi connectivity index (χ1n) is 5.21. The Balaban J connectivity index is 2.21. The van der Waals surface area contributed by atoms with Gasteiger partial charge in [0.15, 0.2) is 0 Å². The van der Waals surface area contributed by atoms with Crippen molar-refractivity contribution in [3.8, 4) is 0 Å². The average molecular weight is 246 g/mol. The Morgan fingerprint density at radius 2 is 2.11 bits per heavy atom. The molecule has 5 nitrogen and oxygen atoms in total. The summed E-state index contributed by atoms with van der Waals surface area (Å²) in [5.74, 6) is -0.964. The highest BCUT2D eigenvalue weighted by Crippen LogP contribution is 2.19. The maximum absolute atomic E-state index is 13.0. The minimum atomic E-state index is -0.486. The van der Waals surface area contributed by atoms with Crippen LogP contribution < -0.4 is 11.1 Å². The van der Waals surface area contributed by atoms with E-state index in [1.54, 1.807) is 6.92 Å². The Morgan fingerprint density at radius 1 is 1.33 bits per heavy atom. The molecule has 0 saturated heterocycles. The van der Waals surface area contributed by atoms with Crippen molar-refractivity contribution in [1.82, 2.24) is 9.97 Å². The molecule has 0 aliphatic carbocycles. The molecule has 1 aromatic heterocycles. The molecule has 0 spiro atoms. The molecule has 0 atom stereocenters. The predicted octanol–water partition coefficient (Wildman–Crippen LogP) is 1.76. The Hall–Kier alpha value is -2.50. The number of carbonyl (C=O) groups is 1. The fraction of sp³-hybridized carbons (Fsp3) is 0.0833. The Kier molecular flexibility index (Phi) is 3.18. The molecule has 0 bridgehead atoms. The first-order valence-corrected chi connectivity index (χ1v) is 5.21. The smallest absolute Gasteiger partial charge is 0.275 e. The van der Waals surface area contributed by atoms with Crippen LogP contribution in [0.5, 0.6) is 0 Å². The number of nitrogens with one attached hydrogen (secondary N) is 1. The van der Waals surface area contributed by atoms with E-state index in [1.807, 2.05) is 0 Å². The lowest BCUT2D eigenvalue weighted by atomic mass is 10.2. The predicted molar refractivity (Wildman–Crippen MR) is 65.5 cm³/mol. The van der Waals surface area contributed by atoms with E-state index in [0.29, 0.717) is 5.69 Å². The van der Waals surface area contributed by atoms with Crippen LogP contribution in [0.1, 0.15) is 16.2 Å². The van der Waals surface area contributed by atoms with Crippen molar-refractivity contribution < 1.29 is 9.18 Å². The zero-order valence-corrected chi connectivity index (χ0v) is 9.64. The van der Waals surface area contributed by atoms with Gasteiger partial charge in [-0.25, -0.2) is 9.37 Å². The van der Waals surface area contributed by atoms with Gasteiger partial charge in [0.25, 0.3) is 5.91 Å². The first kappa shape index (κ1) is 12.0. The Labute approximate surface area is 103 Å². The summed E-state index contributed by atoms with van der Waals surface area (Å²) in [7, 11) is 0. The average Bonchev–Trinajstić information content (AvgIpc) is 2.34. The van der Waals surface area contributed by atoms with E-state index in [0.717, 1.165) is 6.07 Å². The molecule has 0 aliphatic rings. The number of anilines is 2. The van der Waals surface area contributed by atoms with E-state index in [-0.39, 0.29) is 17.1 Å². The van der Waals surface area contributed by atoms with Crippen molar-refractivity contribution in [3.05, 3.63) is 47.8 Å². The monoisotopic (exact) mass is 246 g/mol. The van der Waals surface area contributed by atoms with Gasteiger partial charge in [-0.1, -0.05) is 0 Å². The van der Waals surface area contributed by atoms with Crippen LogP contribution in [0.4, 0.5) is 15.8 Å². The molecular weight excluding hydrogens is 235 g/mol. The number of halogens is 1. The van der Waals surface area contributed by atoms with Gasteiger partial charge in [0.2, 0.25) is 0 Å². The number of carbonyl (C=O) groups excluding carboxylic acids is 1. The number of nitrogens with two attached hydrogens (primary N) is 1. The number of rotatable bonds is 2. The maximum atomic E-state index is 13.0. The summed E-state index contributed by atoms with van der Waals surface area (Å²) in [6.07, 6.45) is 2.82. The number of hydrogen-bond donors (Lipinski definition) is 2. The molecule has 0 radical (unpaired) electrons. The topological polar surface area (TPSA) is 80.9 Å². The number of nitrogens with zero attached hydrogens (tertiary/aromatic N) is 2. The summed E-state index contributed by atoms with van der Waals surface area (Å²) in [4.78, 5) is 19.7. The molecule has 0 saturated carbocycles. The highest BCUT2D eigenvalue weighted by atomic mass is 19.1. The van der Waals surface area contributed by atoms with Crippen LogP contribution in [-0.4, -0.2) is 15.9 Å². The van der Waals surface area contributed by atoms with Gasteiger partial charge >= 0.3 is 0 Å². The second-order valence-electron chi connectivity index (χ2n) is 3.73. The second-order valence-corrected chi connectivity index (χ2v) is 3.73. The summed E-state index contributed by atoms with van der Waals surface area (Å²) < 4.78 is 13.0. The fourth-order valence-corrected chi connectivity index (χ4v) is 1.33. The van der Waals surface area contributed by atoms with Gasteiger partial charge in [-0.3, -0.25) is 9.78 Å². The Morgan fingerprint density at radius 3 is 2.78 bits per heavy atom. The molecule has 3 N–H and O–H groups in total. The van der Waals surface area contributed by atoms with Crippen molar-refractivity contribution in [1.29, 1.82) is 0 Å². The molecule has 1 heterocycles. The summed E-state index contributed by atoms with van der Waals surface area (Å²) in [5.41, 5.74) is 6.96. The molecule has 92 valence electrons. The van der Waals surface area contributed by atoms with Gasteiger partial charge in [-0.15, -0.1) is 0 Å². The van der Waals surface area contributed by atoms with Crippen molar-refractivity contribution >= 4 is 17.3 Å². The summed E-state index contributed by atoms with van der Waals surface area (Å²) in [5, 5.41) is 2.48. The number of hydrogen-bond acceptors (Lipinski definition) is 4. The van der Waals surface area contributed by atoms with Crippen LogP contribution in [0.15, 0.2) is 30.6 Å². The molecule has 0 fully saturated rings. The molecule has 1 amide bonds. The molecule has 2 rings (SSSR count).